The molecule has 1 amide bonds. The number of allylic oxidation sites excluding steroid dienone is 1. The number of carbonyl (C=O) groups is 1. The molecule has 126 valence electrons. The third kappa shape index (κ3) is 4.06. The van der Waals surface area contributed by atoms with E-state index in [1.54, 1.807) is 0 Å². The van der Waals surface area contributed by atoms with Crippen LogP contribution in [0.5, 0.6) is 0 Å². The summed E-state index contributed by atoms with van der Waals surface area (Å²) in [5.74, 6) is -2.97. The van der Waals surface area contributed by atoms with Crippen molar-refractivity contribution in [2.45, 2.75) is 38.6 Å². The van der Waals surface area contributed by atoms with E-state index in [9.17, 15) is 18.0 Å². The Morgan fingerprint density at radius 1 is 1.30 bits per heavy atom. The largest absolute Gasteiger partial charge is 0.362 e. The molecule has 1 unspecified atom stereocenters. The van der Waals surface area contributed by atoms with Crippen molar-refractivity contribution in [3.8, 4) is 0 Å². The molecule has 0 bridgehead atoms. The third-order valence-electron chi connectivity index (χ3n) is 4.12. The van der Waals surface area contributed by atoms with Crippen molar-refractivity contribution in [2.75, 3.05) is 13.1 Å². The fourth-order valence-corrected chi connectivity index (χ4v) is 2.88. The van der Waals surface area contributed by atoms with Crippen LogP contribution in [-0.2, 0) is 11.2 Å². The Hall–Kier alpha value is -1.98. The molecule has 1 saturated heterocycles. The number of aryl methyl sites for hydroxylation is 1. The molecule has 2 rings (SSSR count). The lowest BCUT2D eigenvalue weighted by molar-refractivity contribution is -0.128. The minimum absolute atomic E-state index is 0.00782. The van der Waals surface area contributed by atoms with Crippen LogP contribution >= 0.6 is 0 Å². The van der Waals surface area contributed by atoms with Crippen LogP contribution in [0.2, 0.25) is 0 Å². The molecular formula is C17H21F3N2O. The van der Waals surface area contributed by atoms with Crippen LogP contribution in [0.1, 0.15) is 31.7 Å². The summed E-state index contributed by atoms with van der Waals surface area (Å²) in [7, 11) is 0. The molecule has 0 aromatic heterocycles. The molecule has 1 aliphatic heterocycles. The summed E-state index contributed by atoms with van der Waals surface area (Å²) in [4.78, 5) is 13.8. The minimum Gasteiger partial charge on any atom is -0.362 e. The predicted octanol–water partition coefficient (Wildman–Crippen LogP) is 3.15. The van der Waals surface area contributed by atoms with Crippen molar-refractivity contribution in [3.63, 3.8) is 0 Å². The lowest BCUT2D eigenvalue weighted by Crippen LogP contribution is -2.54. The lowest BCUT2D eigenvalue weighted by Gasteiger charge is -2.37. The van der Waals surface area contributed by atoms with E-state index in [4.69, 9.17) is 0 Å². The summed E-state index contributed by atoms with van der Waals surface area (Å²) in [5.41, 5.74) is 0.967. The standard InChI is InChI=1S/C17H21F3N2O/c1-3-16-17(23)21-7-8-22(16)11(2)5-4-6-12-9-14(19)15(20)10-13(12)18/h9-10,16H,2-8H2,1H3,(H,21,23). The number of halogens is 3. The number of hydrogen-bond donors (Lipinski definition) is 1. The molecule has 1 aromatic carbocycles. The van der Waals surface area contributed by atoms with Crippen molar-refractivity contribution < 1.29 is 18.0 Å². The molecule has 0 saturated carbocycles. The molecule has 3 nitrogen and oxygen atoms in total. The van der Waals surface area contributed by atoms with Crippen LogP contribution in [0.3, 0.4) is 0 Å². The maximum Gasteiger partial charge on any atom is 0.242 e. The number of hydrogen-bond acceptors (Lipinski definition) is 2. The van der Waals surface area contributed by atoms with Gasteiger partial charge >= 0.3 is 0 Å². The Balaban J connectivity index is 1.92. The summed E-state index contributed by atoms with van der Waals surface area (Å²) in [6.07, 6.45) is 2.10. The first-order valence-electron chi connectivity index (χ1n) is 7.79. The molecule has 1 aromatic rings. The van der Waals surface area contributed by atoms with E-state index in [1.165, 1.54) is 0 Å². The van der Waals surface area contributed by atoms with Gasteiger partial charge in [0.25, 0.3) is 0 Å². The normalized spacial score (nSPS) is 18.0. The monoisotopic (exact) mass is 326 g/mol. The zero-order valence-electron chi connectivity index (χ0n) is 13.2. The van der Waals surface area contributed by atoms with Crippen LogP contribution in [0.25, 0.3) is 0 Å². The van der Waals surface area contributed by atoms with E-state index in [0.717, 1.165) is 11.8 Å². The minimum atomic E-state index is -1.18. The van der Waals surface area contributed by atoms with Crippen LogP contribution < -0.4 is 5.32 Å². The van der Waals surface area contributed by atoms with Crippen LogP contribution in [-0.4, -0.2) is 29.9 Å². The van der Waals surface area contributed by atoms with Gasteiger partial charge in [0.1, 0.15) is 11.9 Å². The van der Waals surface area contributed by atoms with E-state index in [2.05, 4.69) is 11.9 Å². The second-order valence-electron chi connectivity index (χ2n) is 5.69. The topological polar surface area (TPSA) is 32.3 Å². The molecule has 1 atom stereocenters. The van der Waals surface area contributed by atoms with Crippen molar-refractivity contribution in [1.82, 2.24) is 10.2 Å². The first-order chi connectivity index (χ1) is 10.9. The Bertz CT molecular complexity index is 604. The van der Waals surface area contributed by atoms with Gasteiger partial charge in [0, 0.05) is 24.9 Å². The first-order valence-corrected chi connectivity index (χ1v) is 7.79. The fourth-order valence-electron chi connectivity index (χ4n) is 2.88. The molecule has 0 spiro atoms. The molecule has 1 N–H and O–H groups in total. The first kappa shape index (κ1) is 17.4. The van der Waals surface area contributed by atoms with Gasteiger partial charge in [-0.15, -0.1) is 0 Å². The number of benzene rings is 1. The van der Waals surface area contributed by atoms with Crippen LogP contribution in [0.15, 0.2) is 24.4 Å². The Morgan fingerprint density at radius 3 is 2.70 bits per heavy atom. The van der Waals surface area contributed by atoms with Crippen molar-refractivity contribution in [3.05, 3.63) is 47.4 Å². The quantitative estimate of drug-likeness (QED) is 0.815. The second kappa shape index (κ2) is 7.53. The van der Waals surface area contributed by atoms with Gasteiger partial charge < -0.3 is 10.2 Å². The molecule has 1 fully saturated rings. The zero-order chi connectivity index (χ0) is 17.0. The van der Waals surface area contributed by atoms with Gasteiger partial charge in [-0.1, -0.05) is 13.5 Å². The number of rotatable bonds is 6. The second-order valence-corrected chi connectivity index (χ2v) is 5.69. The Kier molecular flexibility index (Phi) is 5.69. The lowest BCUT2D eigenvalue weighted by atomic mass is 10.0. The van der Waals surface area contributed by atoms with Crippen LogP contribution in [0, 0.1) is 17.5 Å². The highest BCUT2D eigenvalue weighted by Gasteiger charge is 2.28. The SMILES string of the molecule is C=C(CCCc1cc(F)c(F)cc1F)N1CCNC(=O)C1CC. The van der Waals surface area contributed by atoms with Gasteiger partial charge in [-0.3, -0.25) is 4.79 Å². The summed E-state index contributed by atoms with van der Waals surface area (Å²) >= 11 is 0. The highest BCUT2D eigenvalue weighted by Crippen LogP contribution is 2.21. The molecule has 1 aliphatic rings. The number of nitrogens with zero attached hydrogens (tertiary/aromatic N) is 1. The van der Waals surface area contributed by atoms with Crippen molar-refractivity contribution >= 4 is 5.91 Å². The summed E-state index contributed by atoms with van der Waals surface area (Å²) in [6, 6.07) is 1.24. The molecule has 1 heterocycles. The van der Waals surface area contributed by atoms with E-state index < -0.39 is 17.5 Å². The average Bonchev–Trinajstić information content (AvgIpc) is 2.51. The third-order valence-corrected chi connectivity index (χ3v) is 4.12. The van der Waals surface area contributed by atoms with E-state index in [1.807, 2.05) is 11.8 Å². The molecule has 6 heteroatoms. The molecule has 23 heavy (non-hydrogen) atoms. The zero-order valence-corrected chi connectivity index (χ0v) is 13.2. The number of piperazine rings is 1. The highest BCUT2D eigenvalue weighted by atomic mass is 19.2. The summed E-state index contributed by atoms with van der Waals surface area (Å²) < 4.78 is 39.6. The summed E-state index contributed by atoms with van der Waals surface area (Å²) in [6.45, 7) is 7.22. The maximum atomic E-state index is 13.6. The van der Waals surface area contributed by atoms with Gasteiger partial charge in [-0.25, -0.2) is 13.2 Å². The van der Waals surface area contributed by atoms with E-state index >= 15 is 0 Å². The van der Waals surface area contributed by atoms with Crippen molar-refractivity contribution in [1.29, 1.82) is 0 Å². The number of nitrogens with one attached hydrogen (secondary N) is 1. The van der Waals surface area contributed by atoms with E-state index in [-0.39, 0.29) is 17.5 Å². The van der Waals surface area contributed by atoms with Gasteiger partial charge in [-0.2, -0.15) is 0 Å². The number of amides is 1. The summed E-state index contributed by atoms with van der Waals surface area (Å²) in [5, 5.41) is 2.82. The molecule has 0 aliphatic carbocycles. The highest BCUT2D eigenvalue weighted by molar-refractivity contribution is 5.82. The van der Waals surface area contributed by atoms with E-state index in [0.29, 0.717) is 44.8 Å². The predicted molar refractivity (Wildman–Crippen MR) is 82.2 cm³/mol. The molecular weight excluding hydrogens is 305 g/mol. The van der Waals surface area contributed by atoms with Crippen molar-refractivity contribution in [2.24, 2.45) is 0 Å². The Morgan fingerprint density at radius 2 is 2.00 bits per heavy atom. The fraction of sp³-hybridized carbons (Fsp3) is 0.471. The van der Waals surface area contributed by atoms with Crippen LogP contribution in [0.4, 0.5) is 13.2 Å². The van der Waals surface area contributed by atoms with Gasteiger partial charge in [0.05, 0.1) is 0 Å². The average molecular weight is 326 g/mol. The smallest absolute Gasteiger partial charge is 0.242 e. The Labute approximate surface area is 134 Å². The number of carbonyl (C=O) groups excluding carboxylic acids is 1. The van der Waals surface area contributed by atoms with Gasteiger partial charge in [-0.05, 0) is 37.3 Å². The van der Waals surface area contributed by atoms with Gasteiger partial charge in [0.15, 0.2) is 11.6 Å². The van der Waals surface area contributed by atoms with Gasteiger partial charge in [0.2, 0.25) is 5.91 Å². The maximum absolute atomic E-state index is 13.6. The molecule has 0 radical (unpaired) electrons.